The third kappa shape index (κ3) is 3.58. The molecule has 0 N–H and O–H groups in total. The van der Waals surface area contributed by atoms with Gasteiger partial charge in [-0.3, -0.25) is 9.59 Å². The largest absolute Gasteiger partial charge is 0.451 e. The van der Waals surface area contributed by atoms with Crippen LogP contribution < -0.4 is 0 Å². The molecule has 8 nitrogen and oxygen atoms in total. The van der Waals surface area contributed by atoms with Crippen LogP contribution in [0.25, 0.3) is 0 Å². The van der Waals surface area contributed by atoms with E-state index in [2.05, 4.69) is 4.98 Å². The van der Waals surface area contributed by atoms with Crippen molar-refractivity contribution in [2.75, 3.05) is 46.0 Å². The lowest BCUT2D eigenvalue weighted by Gasteiger charge is -2.48. The van der Waals surface area contributed by atoms with Crippen LogP contribution in [0.15, 0.2) is 17.1 Å². The first-order chi connectivity index (χ1) is 13.0. The minimum atomic E-state index is -1.83. The number of hydrogen-bond acceptors (Lipinski definition) is 6. The molecule has 1 aromatic rings. The van der Waals surface area contributed by atoms with E-state index in [0.29, 0.717) is 45.6 Å². The molecule has 0 aromatic carbocycles. The van der Waals surface area contributed by atoms with Gasteiger partial charge >= 0.3 is 0 Å². The van der Waals surface area contributed by atoms with E-state index < -0.39 is 17.2 Å². The summed E-state index contributed by atoms with van der Waals surface area (Å²) in [6, 6.07) is 0. The Hall–Kier alpha value is -2.00. The normalized spacial score (nSPS) is 24.8. The summed E-state index contributed by atoms with van der Waals surface area (Å²) in [5, 5.41) is 0. The monoisotopic (exact) mass is 381 g/mol. The van der Waals surface area contributed by atoms with Crippen LogP contribution in [0.4, 0.5) is 4.39 Å². The first-order valence-corrected chi connectivity index (χ1v) is 9.39. The SMILES string of the molecule is O=C(c1cocn1)N1CCC2(CC1)CN(C(=O)C1(F)CCOCC1)CCO2. The number of oxazole rings is 1. The average molecular weight is 381 g/mol. The number of rotatable bonds is 2. The number of likely N-dealkylation sites (tertiary alicyclic amines) is 1. The third-order valence-electron chi connectivity index (χ3n) is 5.82. The van der Waals surface area contributed by atoms with Crippen LogP contribution in [0.2, 0.25) is 0 Å². The van der Waals surface area contributed by atoms with E-state index in [4.69, 9.17) is 13.9 Å². The third-order valence-corrected chi connectivity index (χ3v) is 5.82. The average Bonchev–Trinajstić information content (AvgIpc) is 3.23. The van der Waals surface area contributed by atoms with Gasteiger partial charge in [0.1, 0.15) is 6.26 Å². The minimum absolute atomic E-state index is 0.107. The van der Waals surface area contributed by atoms with Gasteiger partial charge in [-0.2, -0.15) is 0 Å². The Bertz CT molecular complexity index is 681. The van der Waals surface area contributed by atoms with E-state index >= 15 is 4.39 Å². The van der Waals surface area contributed by atoms with Crippen LogP contribution in [0.3, 0.4) is 0 Å². The molecule has 4 rings (SSSR count). The Morgan fingerprint density at radius 3 is 2.44 bits per heavy atom. The second-order valence-electron chi connectivity index (χ2n) is 7.50. The van der Waals surface area contributed by atoms with Crippen LogP contribution in [0.1, 0.15) is 36.2 Å². The number of hydrogen-bond donors (Lipinski definition) is 0. The molecule has 2 amide bonds. The van der Waals surface area contributed by atoms with Gasteiger partial charge in [0.15, 0.2) is 17.8 Å². The van der Waals surface area contributed by atoms with Crippen molar-refractivity contribution in [3.8, 4) is 0 Å². The zero-order valence-corrected chi connectivity index (χ0v) is 15.2. The first kappa shape index (κ1) is 18.4. The van der Waals surface area contributed by atoms with Crippen molar-refractivity contribution in [2.45, 2.75) is 37.0 Å². The number of carbonyl (C=O) groups is 2. The summed E-state index contributed by atoms with van der Waals surface area (Å²) in [5.74, 6) is -0.623. The molecule has 0 unspecified atom stereocenters. The van der Waals surface area contributed by atoms with Crippen molar-refractivity contribution in [2.24, 2.45) is 0 Å². The summed E-state index contributed by atoms with van der Waals surface area (Å²) in [4.78, 5) is 32.4. The fraction of sp³-hybridized carbons (Fsp3) is 0.722. The van der Waals surface area contributed by atoms with Gasteiger partial charge in [-0.15, -0.1) is 0 Å². The Labute approximate surface area is 156 Å². The van der Waals surface area contributed by atoms with E-state index in [1.807, 2.05) is 0 Å². The van der Waals surface area contributed by atoms with E-state index in [1.165, 1.54) is 12.7 Å². The van der Waals surface area contributed by atoms with Crippen LogP contribution in [0, 0.1) is 0 Å². The van der Waals surface area contributed by atoms with Gasteiger partial charge in [0.2, 0.25) is 0 Å². The molecule has 0 bridgehead atoms. The topological polar surface area (TPSA) is 85.1 Å². The molecule has 4 heterocycles. The number of carbonyl (C=O) groups excluding carboxylic acids is 2. The molecule has 0 radical (unpaired) electrons. The molecule has 0 saturated carbocycles. The van der Waals surface area contributed by atoms with Crippen LogP contribution >= 0.6 is 0 Å². The Balaban J connectivity index is 1.38. The lowest BCUT2D eigenvalue weighted by molar-refractivity contribution is -0.172. The second-order valence-corrected chi connectivity index (χ2v) is 7.50. The molecule has 1 spiro atoms. The highest BCUT2D eigenvalue weighted by molar-refractivity contribution is 5.92. The molecule has 3 aliphatic rings. The number of aromatic nitrogens is 1. The van der Waals surface area contributed by atoms with Gasteiger partial charge in [-0.05, 0) is 12.8 Å². The molecule has 1 aromatic heterocycles. The number of nitrogens with zero attached hydrogens (tertiary/aromatic N) is 3. The molecule has 0 atom stereocenters. The quantitative estimate of drug-likeness (QED) is 0.761. The number of halogens is 1. The van der Waals surface area contributed by atoms with Gasteiger partial charge in [0.05, 0.1) is 25.4 Å². The number of ether oxygens (including phenoxy) is 2. The molecule has 3 fully saturated rings. The highest BCUT2D eigenvalue weighted by Crippen LogP contribution is 2.34. The van der Waals surface area contributed by atoms with E-state index in [9.17, 15) is 9.59 Å². The van der Waals surface area contributed by atoms with Crippen molar-refractivity contribution < 1.29 is 27.9 Å². The van der Waals surface area contributed by atoms with Gasteiger partial charge < -0.3 is 23.7 Å². The highest BCUT2D eigenvalue weighted by atomic mass is 19.1. The maximum Gasteiger partial charge on any atom is 0.275 e. The molecule has 0 aliphatic carbocycles. The standard InChI is InChI=1S/C18H24FN3O5/c19-18(3-8-25-9-4-18)16(24)22-7-10-27-17(12-22)1-5-21(6-2-17)15(23)14-11-26-13-20-14/h11,13H,1-10,12H2. The highest BCUT2D eigenvalue weighted by Gasteiger charge is 2.48. The fourth-order valence-electron chi connectivity index (χ4n) is 4.11. The Morgan fingerprint density at radius 1 is 1.04 bits per heavy atom. The molecule has 9 heteroatoms. The number of amides is 2. The lowest BCUT2D eigenvalue weighted by atomic mass is 9.87. The van der Waals surface area contributed by atoms with Gasteiger partial charge in [-0.25, -0.2) is 9.37 Å². The second kappa shape index (κ2) is 7.20. The lowest BCUT2D eigenvalue weighted by Crippen LogP contribution is -2.61. The minimum Gasteiger partial charge on any atom is -0.451 e. The van der Waals surface area contributed by atoms with Crippen LogP contribution in [-0.4, -0.2) is 83.9 Å². The molecular weight excluding hydrogens is 357 g/mol. The molecule has 148 valence electrons. The van der Waals surface area contributed by atoms with Gasteiger partial charge in [0.25, 0.3) is 11.8 Å². The number of alkyl halides is 1. The van der Waals surface area contributed by atoms with Gasteiger partial charge in [0, 0.05) is 39.0 Å². The van der Waals surface area contributed by atoms with E-state index in [0.717, 1.165) is 0 Å². The van der Waals surface area contributed by atoms with Crippen molar-refractivity contribution >= 4 is 11.8 Å². The van der Waals surface area contributed by atoms with Crippen LogP contribution in [-0.2, 0) is 14.3 Å². The summed E-state index contributed by atoms with van der Waals surface area (Å²) >= 11 is 0. The zero-order valence-electron chi connectivity index (χ0n) is 15.2. The predicted molar refractivity (Wildman–Crippen MR) is 90.8 cm³/mol. The zero-order chi connectivity index (χ0) is 18.9. The number of piperidine rings is 1. The summed E-state index contributed by atoms with van der Waals surface area (Å²) in [5.41, 5.74) is -2.07. The summed E-state index contributed by atoms with van der Waals surface area (Å²) in [6.07, 6.45) is 3.98. The fourth-order valence-corrected chi connectivity index (χ4v) is 4.11. The molecule has 27 heavy (non-hydrogen) atoms. The Kier molecular flexibility index (Phi) is 4.90. The van der Waals surface area contributed by atoms with E-state index in [1.54, 1.807) is 9.80 Å². The van der Waals surface area contributed by atoms with Crippen molar-refractivity contribution in [3.63, 3.8) is 0 Å². The van der Waals surface area contributed by atoms with Crippen molar-refractivity contribution in [1.29, 1.82) is 0 Å². The van der Waals surface area contributed by atoms with Crippen molar-refractivity contribution in [3.05, 3.63) is 18.4 Å². The van der Waals surface area contributed by atoms with Gasteiger partial charge in [-0.1, -0.05) is 0 Å². The maximum absolute atomic E-state index is 15.1. The predicted octanol–water partition coefficient (Wildman–Crippen LogP) is 1.03. The summed E-state index contributed by atoms with van der Waals surface area (Å²) < 4.78 is 31.1. The number of morpholine rings is 1. The molecular formula is C18H24FN3O5. The first-order valence-electron chi connectivity index (χ1n) is 9.39. The molecule has 3 saturated heterocycles. The van der Waals surface area contributed by atoms with Crippen LogP contribution in [0.5, 0.6) is 0 Å². The maximum atomic E-state index is 15.1. The molecule has 3 aliphatic heterocycles. The summed E-state index contributed by atoms with van der Waals surface area (Å²) in [6.45, 7) is 2.70. The van der Waals surface area contributed by atoms with Crippen molar-refractivity contribution in [1.82, 2.24) is 14.8 Å². The Morgan fingerprint density at radius 2 is 1.78 bits per heavy atom. The van der Waals surface area contributed by atoms with E-state index in [-0.39, 0.29) is 37.7 Å². The smallest absolute Gasteiger partial charge is 0.275 e. The summed E-state index contributed by atoms with van der Waals surface area (Å²) in [7, 11) is 0.